The quantitative estimate of drug-likeness (QED) is 0.768. The fourth-order valence-corrected chi connectivity index (χ4v) is 2.59. The Labute approximate surface area is 136 Å². The molecule has 4 heteroatoms. The second-order valence-corrected chi connectivity index (χ2v) is 5.34. The van der Waals surface area contributed by atoms with Gasteiger partial charge in [0.2, 0.25) is 0 Å². The molecule has 0 aliphatic rings. The van der Waals surface area contributed by atoms with Gasteiger partial charge in [0, 0.05) is 0 Å². The van der Waals surface area contributed by atoms with Gasteiger partial charge >= 0.3 is 5.97 Å². The minimum absolute atomic E-state index is 0.0118. The topological polar surface area (TPSA) is 59.3 Å². The van der Waals surface area contributed by atoms with E-state index in [1.807, 2.05) is 48.5 Å². The third-order valence-electron chi connectivity index (χ3n) is 3.86. The van der Waals surface area contributed by atoms with Crippen LogP contribution in [0.2, 0.25) is 0 Å². The van der Waals surface area contributed by atoms with E-state index in [0.29, 0.717) is 12.2 Å². The summed E-state index contributed by atoms with van der Waals surface area (Å²) in [7, 11) is 2.91. The molecule has 0 aliphatic carbocycles. The lowest BCUT2D eigenvalue weighted by Crippen LogP contribution is -2.31. The Hall–Kier alpha value is -2.80. The number of carbonyl (C=O) groups is 1. The molecule has 118 valence electrons. The molecule has 0 amide bonds. The molecular formula is C19H19NO3. The van der Waals surface area contributed by atoms with Crippen molar-refractivity contribution >= 4 is 5.97 Å². The number of hydrogen-bond donors (Lipinski definition) is 0. The zero-order valence-corrected chi connectivity index (χ0v) is 13.3. The third-order valence-corrected chi connectivity index (χ3v) is 3.86. The lowest BCUT2D eigenvalue weighted by Gasteiger charge is -2.26. The molecule has 4 nitrogen and oxygen atoms in total. The van der Waals surface area contributed by atoms with Gasteiger partial charge < -0.3 is 9.47 Å². The molecule has 0 radical (unpaired) electrons. The van der Waals surface area contributed by atoms with E-state index in [4.69, 9.17) is 9.47 Å². The minimum Gasteiger partial charge on any atom is -0.497 e. The van der Waals surface area contributed by atoms with Crippen molar-refractivity contribution < 1.29 is 14.3 Å². The van der Waals surface area contributed by atoms with Crippen molar-refractivity contribution in [3.05, 3.63) is 65.7 Å². The first-order valence-corrected chi connectivity index (χ1v) is 7.30. The number of esters is 1. The van der Waals surface area contributed by atoms with E-state index in [0.717, 1.165) is 11.1 Å². The van der Waals surface area contributed by atoms with Crippen LogP contribution in [-0.2, 0) is 21.4 Å². The van der Waals surface area contributed by atoms with Crippen LogP contribution >= 0.6 is 0 Å². The zero-order valence-electron chi connectivity index (χ0n) is 13.3. The van der Waals surface area contributed by atoms with Crippen LogP contribution in [0.25, 0.3) is 0 Å². The number of benzene rings is 2. The predicted molar refractivity (Wildman–Crippen MR) is 87.1 cm³/mol. The summed E-state index contributed by atoms with van der Waals surface area (Å²) < 4.78 is 10.1. The fraction of sp³-hybridized carbons (Fsp3) is 0.263. The van der Waals surface area contributed by atoms with Gasteiger partial charge in [0.15, 0.2) is 0 Å². The third kappa shape index (κ3) is 3.89. The van der Waals surface area contributed by atoms with Gasteiger partial charge in [-0.15, -0.1) is 0 Å². The molecule has 0 saturated heterocycles. The first-order valence-electron chi connectivity index (χ1n) is 7.30. The van der Waals surface area contributed by atoms with Crippen molar-refractivity contribution in [2.45, 2.75) is 18.3 Å². The van der Waals surface area contributed by atoms with Crippen molar-refractivity contribution in [3.8, 4) is 11.8 Å². The van der Waals surface area contributed by atoms with E-state index in [2.05, 4.69) is 6.07 Å². The molecule has 1 atom stereocenters. The second-order valence-electron chi connectivity index (χ2n) is 5.34. The van der Waals surface area contributed by atoms with Crippen LogP contribution in [0.1, 0.15) is 17.5 Å². The molecule has 2 aromatic carbocycles. The number of ether oxygens (including phenoxy) is 2. The van der Waals surface area contributed by atoms with Crippen molar-refractivity contribution in [3.63, 3.8) is 0 Å². The Balaban J connectivity index is 2.48. The number of nitrogens with zero attached hydrogens (tertiary/aromatic N) is 1. The van der Waals surface area contributed by atoms with Crippen LogP contribution in [0, 0.1) is 11.3 Å². The molecule has 0 bridgehead atoms. The van der Waals surface area contributed by atoms with Gasteiger partial charge in [-0.1, -0.05) is 42.5 Å². The largest absolute Gasteiger partial charge is 0.497 e. The Kier molecular flexibility index (Phi) is 5.37. The highest BCUT2D eigenvalue weighted by atomic mass is 16.5. The van der Waals surface area contributed by atoms with Crippen LogP contribution in [-0.4, -0.2) is 20.2 Å². The van der Waals surface area contributed by atoms with Gasteiger partial charge in [0.25, 0.3) is 0 Å². The summed E-state index contributed by atoms with van der Waals surface area (Å²) in [6.07, 6.45) is 0.411. The lowest BCUT2D eigenvalue weighted by atomic mass is 9.74. The van der Waals surface area contributed by atoms with Crippen molar-refractivity contribution in [2.75, 3.05) is 14.2 Å². The summed E-state index contributed by atoms with van der Waals surface area (Å²) in [6, 6.07) is 19.3. The average Bonchev–Trinajstić information content (AvgIpc) is 2.61. The van der Waals surface area contributed by atoms with Gasteiger partial charge in [-0.25, -0.2) is 0 Å². The van der Waals surface area contributed by atoms with E-state index in [1.165, 1.54) is 7.11 Å². The van der Waals surface area contributed by atoms with Crippen LogP contribution < -0.4 is 4.74 Å². The number of rotatable bonds is 6. The molecule has 2 rings (SSSR count). The summed E-state index contributed by atoms with van der Waals surface area (Å²) in [4.78, 5) is 11.9. The second kappa shape index (κ2) is 7.46. The molecular weight excluding hydrogens is 290 g/mol. The Morgan fingerprint density at radius 2 is 1.87 bits per heavy atom. The molecule has 0 aromatic heterocycles. The molecule has 0 N–H and O–H groups in total. The normalized spacial score (nSPS) is 12.7. The maximum absolute atomic E-state index is 11.9. The summed E-state index contributed by atoms with van der Waals surface area (Å²) in [6.45, 7) is 0. The van der Waals surface area contributed by atoms with Gasteiger partial charge in [-0.2, -0.15) is 5.26 Å². The van der Waals surface area contributed by atoms with Gasteiger partial charge in [0.05, 0.1) is 32.1 Å². The van der Waals surface area contributed by atoms with E-state index in [1.54, 1.807) is 13.2 Å². The fourth-order valence-electron chi connectivity index (χ4n) is 2.59. The number of carbonyl (C=O) groups excluding carboxylic acids is 1. The van der Waals surface area contributed by atoms with Gasteiger partial charge in [-0.3, -0.25) is 4.79 Å². The van der Waals surface area contributed by atoms with E-state index in [-0.39, 0.29) is 6.42 Å². The lowest BCUT2D eigenvalue weighted by molar-refractivity contribution is -0.141. The van der Waals surface area contributed by atoms with E-state index < -0.39 is 11.4 Å². The Morgan fingerprint density at radius 3 is 2.48 bits per heavy atom. The van der Waals surface area contributed by atoms with E-state index >= 15 is 0 Å². The van der Waals surface area contributed by atoms with Gasteiger partial charge in [0.1, 0.15) is 5.75 Å². The summed E-state index contributed by atoms with van der Waals surface area (Å²) >= 11 is 0. The van der Waals surface area contributed by atoms with Crippen molar-refractivity contribution in [2.24, 2.45) is 0 Å². The SMILES string of the molecule is COC(=O)CC(C#N)(Cc1ccccc1)c1cccc(OC)c1. The molecule has 0 fully saturated rings. The summed E-state index contributed by atoms with van der Waals surface area (Å²) in [5.41, 5.74) is 0.734. The minimum atomic E-state index is -0.997. The number of nitriles is 1. The molecule has 0 aliphatic heterocycles. The number of methoxy groups -OCH3 is 2. The smallest absolute Gasteiger partial charge is 0.307 e. The van der Waals surface area contributed by atoms with Crippen molar-refractivity contribution in [1.82, 2.24) is 0 Å². The Morgan fingerprint density at radius 1 is 1.13 bits per heavy atom. The maximum atomic E-state index is 11.9. The first kappa shape index (κ1) is 16.6. The predicted octanol–water partition coefficient (Wildman–Crippen LogP) is 3.26. The van der Waals surface area contributed by atoms with E-state index in [9.17, 15) is 10.1 Å². The Bertz CT molecular complexity index is 706. The zero-order chi connectivity index (χ0) is 16.7. The summed E-state index contributed by atoms with van der Waals surface area (Å²) in [5, 5.41) is 9.90. The summed E-state index contributed by atoms with van der Waals surface area (Å²) in [5.74, 6) is 0.241. The molecule has 0 saturated carbocycles. The molecule has 0 spiro atoms. The van der Waals surface area contributed by atoms with Crippen molar-refractivity contribution in [1.29, 1.82) is 5.26 Å². The van der Waals surface area contributed by atoms with Crippen LogP contribution in [0.15, 0.2) is 54.6 Å². The van der Waals surface area contributed by atoms with Crippen LogP contribution in [0.3, 0.4) is 0 Å². The highest BCUT2D eigenvalue weighted by molar-refractivity contribution is 5.72. The molecule has 0 heterocycles. The molecule has 23 heavy (non-hydrogen) atoms. The van der Waals surface area contributed by atoms with Gasteiger partial charge in [-0.05, 0) is 29.7 Å². The first-order chi connectivity index (χ1) is 11.1. The number of hydrogen-bond acceptors (Lipinski definition) is 4. The standard InChI is InChI=1S/C19H19NO3/c1-22-17-10-6-9-16(11-17)19(14-20,13-18(21)23-2)12-15-7-4-3-5-8-15/h3-11H,12-13H2,1-2H3. The highest BCUT2D eigenvalue weighted by Crippen LogP contribution is 2.34. The monoisotopic (exact) mass is 309 g/mol. The molecule has 1 unspecified atom stereocenters. The maximum Gasteiger partial charge on any atom is 0.307 e. The highest BCUT2D eigenvalue weighted by Gasteiger charge is 2.36. The van der Waals surface area contributed by atoms with Crippen LogP contribution in [0.5, 0.6) is 5.75 Å². The average molecular weight is 309 g/mol. The van der Waals surface area contributed by atoms with Crippen LogP contribution in [0.4, 0.5) is 0 Å². The molecule has 2 aromatic rings.